The number of nitrogens with zero attached hydrogens (tertiary/aromatic N) is 1. The van der Waals surface area contributed by atoms with Crippen molar-refractivity contribution in [3.05, 3.63) is 0 Å². The van der Waals surface area contributed by atoms with E-state index in [2.05, 4.69) is 5.16 Å². The van der Waals surface area contributed by atoms with Crippen molar-refractivity contribution in [1.29, 1.82) is 5.41 Å². The van der Waals surface area contributed by atoms with Crippen LogP contribution in [-0.2, 0) is 0 Å². The van der Waals surface area contributed by atoms with E-state index in [1.807, 2.05) is 0 Å². The second-order valence-electron chi connectivity index (χ2n) is 2.23. The van der Waals surface area contributed by atoms with Crippen molar-refractivity contribution in [2.24, 2.45) is 5.16 Å². The van der Waals surface area contributed by atoms with Crippen LogP contribution in [0.15, 0.2) is 5.16 Å². The molecule has 50 valence electrons. The Morgan fingerprint density at radius 1 is 1.33 bits per heavy atom. The zero-order valence-electron chi connectivity index (χ0n) is 5.22. The van der Waals surface area contributed by atoms with Gasteiger partial charge in [-0.2, -0.15) is 0 Å². The lowest BCUT2D eigenvalue weighted by molar-refractivity contribution is 0.318. The first-order valence-corrected chi connectivity index (χ1v) is 3.13. The maximum atomic E-state index is 8.31. The highest BCUT2D eigenvalue weighted by molar-refractivity contribution is 6.41. The van der Waals surface area contributed by atoms with E-state index in [9.17, 15) is 0 Å². The highest BCUT2D eigenvalue weighted by Gasteiger charge is 2.12. The normalized spacial score (nSPS) is 24.9. The quantitative estimate of drug-likeness (QED) is 0.374. The average molecular weight is 126 g/mol. The monoisotopic (exact) mass is 126 g/mol. The molecular weight excluding hydrogens is 116 g/mol. The van der Waals surface area contributed by atoms with E-state index in [1.54, 1.807) is 0 Å². The number of nitrogens with one attached hydrogen (secondary N) is 1. The van der Waals surface area contributed by atoms with Crippen LogP contribution in [0, 0.1) is 5.41 Å². The summed E-state index contributed by atoms with van der Waals surface area (Å²) >= 11 is 0. The van der Waals surface area contributed by atoms with Gasteiger partial charge < -0.3 is 10.6 Å². The summed E-state index contributed by atoms with van der Waals surface area (Å²) in [5.74, 6) is 0. The van der Waals surface area contributed by atoms with Gasteiger partial charge in [-0.15, -0.1) is 0 Å². The SMILES string of the molecule is N=C1CCCCC1=NO. The van der Waals surface area contributed by atoms with Crippen molar-refractivity contribution in [2.75, 3.05) is 0 Å². The highest BCUT2D eigenvalue weighted by Crippen LogP contribution is 2.11. The second-order valence-corrected chi connectivity index (χ2v) is 2.23. The van der Waals surface area contributed by atoms with Crippen LogP contribution in [0.5, 0.6) is 0 Å². The van der Waals surface area contributed by atoms with Crippen molar-refractivity contribution in [3.8, 4) is 0 Å². The Morgan fingerprint density at radius 3 is 2.44 bits per heavy atom. The van der Waals surface area contributed by atoms with E-state index in [4.69, 9.17) is 10.6 Å². The van der Waals surface area contributed by atoms with E-state index < -0.39 is 0 Å². The van der Waals surface area contributed by atoms with Crippen LogP contribution in [0.4, 0.5) is 0 Å². The van der Waals surface area contributed by atoms with Crippen LogP contribution in [-0.4, -0.2) is 16.6 Å². The Bertz CT molecular complexity index is 151. The lowest BCUT2D eigenvalue weighted by atomic mass is 9.97. The minimum absolute atomic E-state index is 0.503. The molecule has 0 bridgehead atoms. The van der Waals surface area contributed by atoms with Crippen molar-refractivity contribution in [1.82, 2.24) is 0 Å². The van der Waals surface area contributed by atoms with E-state index in [0.29, 0.717) is 11.4 Å². The zero-order chi connectivity index (χ0) is 6.69. The van der Waals surface area contributed by atoms with E-state index in [1.165, 1.54) is 0 Å². The standard InChI is InChI=1S/C6H10N2O/c7-5-3-1-2-4-6(5)8-9/h7,9H,1-4H2. The molecular formula is C6H10N2O. The molecule has 0 heterocycles. The Morgan fingerprint density at radius 2 is 2.00 bits per heavy atom. The molecule has 0 unspecified atom stereocenters. The molecule has 0 aromatic heterocycles. The maximum Gasteiger partial charge on any atom is 0.100 e. The average Bonchev–Trinajstić information content (AvgIpc) is 1.89. The van der Waals surface area contributed by atoms with Gasteiger partial charge in [0.15, 0.2) is 0 Å². The predicted molar refractivity (Wildman–Crippen MR) is 35.4 cm³/mol. The van der Waals surface area contributed by atoms with Crippen LogP contribution in [0.1, 0.15) is 25.7 Å². The van der Waals surface area contributed by atoms with Crippen molar-refractivity contribution >= 4 is 11.4 Å². The summed E-state index contributed by atoms with van der Waals surface area (Å²) in [5.41, 5.74) is 1.07. The van der Waals surface area contributed by atoms with Gasteiger partial charge in [0.2, 0.25) is 0 Å². The molecule has 1 saturated carbocycles. The summed E-state index contributed by atoms with van der Waals surface area (Å²) in [7, 11) is 0. The predicted octanol–water partition coefficient (Wildman–Crippen LogP) is 1.41. The first-order valence-electron chi connectivity index (χ1n) is 3.13. The molecule has 0 aliphatic heterocycles. The van der Waals surface area contributed by atoms with Crippen LogP contribution < -0.4 is 0 Å². The molecule has 0 atom stereocenters. The van der Waals surface area contributed by atoms with Gasteiger partial charge in [0.05, 0.1) is 5.71 Å². The number of hydrogen-bond acceptors (Lipinski definition) is 3. The molecule has 9 heavy (non-hydrogen) atoms. The molecule has 1 aliphatic carbocycles. The third kappa shape index (κ3) is 1.28. The van der Waals surface area contributed by atoms with E-state index in [-0.39, 0.29) is 0 Å². The van der Waals surface area contributed by atoms with Gasteiger partial charge >= 0.3 is 0 Å². The topological polar surface area (TPSA) is 56.4 Å². The largest absolute Gasteiger partial charge is 0.411 e. The maximum absolute atomic E-state index is 8.31. The summed E-state index contributed by atoms with van der Waals surface area (Å²) in [6.07, 6.45) is 3.67. The van der Waals surface area contributed by atoms with Gasteiger partial charge in [0.25, 0.3) is 0 Å². The van der Waals surface area contributed by atoms with Gasteiger partial charge in [-0.3, -0.25) is 0 Å². The van der Waals surface area contributed by atoms with Crippen molar-refractivity contribution < 1.29 is 5.21 Å². The molecule has 0 aromatic carbocycles. The summed E-state index contributed by atoms with van der Waals surface area (Å²) in [6.45, 7) is 0. The second kappa shape index (κ2) is 2.62. The van der Waals surface area contributed by atoms with Crippen molar-refractivity contribution in [3.63, 3.8) is 0 Å². The molecule has 3 heteroatoms. The third-order valence-electron chi connectivity index (χ3n) is 1.56. The molecule has 2 N–H and O–H groups in total. The molecule has 3 nitrogen and oxygen atoms in total. The smallest absolute Gasteiger partial charge is 0.100 e. The number of hydrogen-bond donors (Lipinski definition) is 2. The van der Waals surface area contributed by atoms with Gasteiger partial charge in [0.1, 0.15) is 5.71 Å². The Kier molecular flexibility index (Phi) is 1.82. The minimum atomic E-state index is 0.503. The Hall–Kier alpha value is -0.860. The lowest BCUT2D eigenvalue weighted by Gasteiger charge is -2.10. The molecule has 0 radical (unpaired) electrons. The third-order valence-corrected chi connectivity index (χ3v) is 1.56. The van der Waals surface area contributed by atoms with Crippen LogP contribution in [0.3, 0.4) is 0 Å². The Balaban J connectivity index is 2.60. The van der Waals surface area contributed by atoms with E-state index >= 15 is 0 Å². The van der Waals surface area contributed by atoms with Gasteiger partial charge in [0, 0.05) is 0 Å². The van der Waals surface area contributed by atoms with Crippen LogP contribution in [0.25, 0.3) is 0 Å². The fourth-order valence-electron chi connectivity index (χ4n) is 1.000. The lowest BCUT2D eigenvalue weighted by Crippen LogP contribution is -2.17. The summed E-state index contributed by atoms with van der Waals surface area (Å²) in [5, 5.41) is 18.6. The highest BCUT2D eigenvalue weighted by atomic mass is 16.4. The summed E-state index contributed by atoms with van der Waals surface area (Å²) in [4.78, 5) is 0. The summed E-state index contributed by atoms with van der Waals surface area (Å²) in [6, 6.07) is 0. The fraction of sp³-hybridized carbons (Fsp3) is 0.667. The first-order chi connectivity index (χ1) is 4.34. The number of oxime groups is 1. The van der Waals surface area contributed by atoms with Crippen molar-refractivity contribution in [2.45, 2.75) is 25.7 Å². The molecule has 1 rings (SSSR count). The molecule has 0 saturated heterocycles. The molecule has 0 spiro atoms. The van der Waals surface area contributed by atoms with Gasteiger partial charge in [-0.25, -0.2) is 0 Å². The van der Waals surface area contributed by atoms with Gasteiger partial charge in [-0.05, 0) is 25.7 Å². The zero-order valence-corrected chi connectivity index (χ0v) is 5.22. The molecule has 1 aliphatic rings. The molecule has 1 fully saturated rings. The molecule has 0 amide bonds. The minimum Gasteiger partial charge on any atom is -0.411 e. The number of rotatable bonds is 0. The van der Waals surface area contributed by atoms with Crippen LogP contribution >= 0.6 is 0 Å². The fourth-order valence-corrected chi connectivity index (χ4v) is 1.000. The van der Waals surface area contributed by atoms with E-state index in [0.717, 1.165) is 25.7 Å². The molecule has 0 aromatic rings. The Labute approximate surface area is 53.9 Å². The van der Waals surface area contributed by atoms with Gasteiger partial charge in [-0.1, -0.05) is 5.16 Å². The van der Waals surface area contributed by atoms with Crippen LogP contribution in [0.2, 0.25) is 0 Å². The first kappa shape index (κ1) is 6.26. The summed E-state index contributed by atoms with van der Waals surface area (Å²) < 4.78 is 0.